The Morgan fingerprint density at radius 2 is 1.71 bits per heavy atom. The number of aromatic nitrogens is 4. The van der Waals surface area contributed by atoms with Gasteiger partial charge < -0.3 is 10.7 Å². The molecule has 2 rings (SSSR count). The van der Waals surface area contributed by atoms with E-state index in [1.54, 1.807) is 0 Å². The van der Waals surface area contributed by atoms with Crippen LogP contribution in [0.4, 0.5) is 5.82 Å². The number of nitrogen functional groups attached to an aromatic ring is 1. The average molecular weight is 195 g/mol. The van der Waals surface area contributed by atoms with Crippen LogP contribution in [-0.4, -0.2) is 19.9 Å². The van der Waals surface area contributed by atoms with E-state index in [1.165, 1.54) is 12.7 Å². The summed E-state index contributed by atoms with van der Waals surface area (Å²) >= 11 is 0. The Morgan fingerprint density at radius 3 is 2.29 bits per heavy atom. The number of imidazole rings is 1. The Balaban J connectivity index is 0.000000379. The smallest absolute Gasteiger partial charge is 0.182 e. The molecule has 0 fully saturated rings. The molecule has 2 aromatic rings. The summed E-state index contributed by atoms with van der Waals surface area (Å²) in [5.41, 5.74) is 6.78. The van der Waals surface area contributed by atoms with Crippen molar-refractivity contribution < 1.29 is 0 Å². The standard InChI is InChI=1S/C5H5N5.2C2H6/c6-4-3-5(9-1-7-3)10-2-8-4;2*1-2/h1-2H,(H3,6,7,8,9,10);2*1-2H3. The zero-order chi connectivity index (χ0) is 11.0. The first kappa shape index (κ1) is 12.3. The van der Waals surface area contributed by atoms with Gasteiger partial charge in [0, 0.05) is 0 Å². The van der Waals surface area contributed by atoms with E-state index in [9.17, 15) is 0 Å². The third-order valence-electron chi connectivity index (χ3n) is 1.25. The van der Waals surface area contributed by atoms with Crippen molar-refractivity contribution in [2.45, 2.75) is 27.7 Å². The number of nitrogens with one attached hydrogen (secondary N) is 1. The zero-order valence-electron chi connectivity index (χ0n) is 9.07. The summed E-state index contributed by atoms with van der Waals surface area (Å²) in [6.45, 7) is 8.00. The first-order chi connectivity index (χ1) is 6.88. The average Bonchev–Trinajstić information content (AvgIpc) is 2.73. The molecule has 0 aromatic carbocycles. The molecule has 0 spiro atoms. The van der Waals surface area contributed by atoms with Crippen LogP contribution in [0.3, 0.4) is 0 Å². The Labute approximate surface area is 83.8 Å². The molecule has 0 radical (unpaired) electrons. The fourth-order valence-electron chi connectivity index (χ4n) is 0.784. The number of hydrogen-bond donors (Lipinski definition) is 2. The van der Waals surface area contributed by atoms with Gasteiger partial charge in [0.25, 0.3) is 0 Å². The normalized spacial score (nSPS) is 8.29. The number of nitrogens with zero attached hydrogens (tertiary/aromatic N) is 3. The topological polar surface area (TPSA) is 80.5 Å². The number of nitrogens with two attached hydrogens (primary N) is 1. The van der Waals surface area contributed by atoms with Gasteiger partial charge in [0.05, 0.1) is 6.33 Å². The van der Waals surface area contributed by atoms with Gasteiger partial charge in [-0.15, -0.1) is 0 Å². The van der Waals surface area contributed by atoms with Gasteiger partial charge in [-0.05, 0) is 0 Å². The third kappa shape index (κ3) is 2.69. The van der Waals surface area contributed by atoms with Crippen LogP contribution in [0.25, 0.3) is 11.2 Å². The zero-order valence-corrected chi connectivity index (χ0v) is 9.07. The highest BCUT2D eigenvalue weighted by Gasteiger charge is 1.99. The second-order valence-corrected chi connectivity index (χ2v) is 1.86. The van der Waals surface area contributed by atoms with Crippen molar-refractivity contribution in [3.8, 4) is 0 Å². The van der Waals surface area contributed by atoms with Gasteiger partial charge in [0.2, 0.25) is 0 Å². The SMILES string of the molecule is CC.CC.Nc1ncnc2nc[nH]c12. The summed E-state index contributed by atoms with van der Waals surface area (Å²) in [5.74, 6) is 0.433. The van der Waals surface area contributed by atoms with Crippen LogP contribution >= 0.6 is 0 Å². The van der Waals surface area contributed by atoms with Crippen LogP contribution in [0.5, 0.6) is 0 Å². The minimum Gasteiger partial charge on any atom is -0.382 e. The number of H-pyrrole nitrogens is 1. The number of fused-ring (bicyclic) bond motifs is 1. The van der Waals surface area contributed by atoms with Crippen molar-refractivity contribution in [1.29, 1.82) is 0 Å². The maximum absolute atomic E-state index is 5.48. The maximum Gasteiger partial charge on any atom is 0.182 e. The van der Waals surface area contributed by atoms with E-state index in [0.717, 1.165) is 0 Å². The van der Waals surface area contributed by atoms with Gasteiger partial charge in [0.1, 0.15) is 11.8 Å². The minimum absolute atomic E-state index is 0.433. The molecule has 0 bridgehead atoms. The molecule has 0 atom stereocenters. The van der Waals surface area contributed by atoms with Crippen LogP contribution in [0.1, 0.15) is 27.7 Å². The predicted molar refractivity (Wildman–Crippen MR) is 58.8 cm³/mol. The molecular weight excluding hydrogens is 178 g/mol. The van der Waals surface area contributed by atoms with Crippen molar-refractivity contribution in [1.82, 2.24) is 19.9 Å². The molecule has 5 heteroatoms. The maximum atomic E-state index is 5.48. The molecule has 2 heterocycles. The van der Waals surface area contributed by atoms with Crippen molar-refractivity contribution in [2.75, 3.05) is 5.73 Å². The van der Waals surface area contributed by atoms with Crippen molar-refractivity contribution in [3.05, 3.63) is 12.7 Å². The van der Waals surface area contributed by atoms with Crippen molar-refractivity contribution in [2.24, 2.45) is 0 Å². The molecule has 0 saturated carbocycles. The number of aromatic amines is 1. The van der Waals surface area contributed by atoms with E-state index < -0.39 is 0 Å². The molecule has 0 amide bonds. The molecule has 2 aromatic heterocycles. The largest absolute Gasteiger partial charge is 0.382 e. The van der Waals surface area contributed by atoms with Crippen LogP contribution < -0.4 is 5.73 Å². The molecule has 78 valence electrons. The summed E-state index contributed by atoms with van der Waals surface area (Å²) in [6.07, 6.45) is 2.92. The van der Waals surface area contributed by atoms with E-state index in [4.69, 9.17) is 5.73 Å². The molecule has 14 heavy (non-hydrogen) atoms. The number of rotatable bonds is 0. The number of anilines is 1. The lowest BCUT2D eigenvalue weighted by Crippen LogP contribution is -1.91. The summed E-state index contributed by atoms with van der Waals surface area (Å²) in [5, 5.41) is 0. The van der Waals surface area contributed by atoms with Crippen molar-refractivity contribution in [3.63, 3.8) is 0 Å². The fourth-order valence-corrected chi connectivity index (χ4v) is 0.784. The first-order valence-electron chi connectivity index (χ1n) is 4.77. The van der Waals surface area contributed by atoms with E-state index in [1.807, 2.05) is 27.7 Å². The van der Waals surface area contributed by atoms with Crippen LogP contribution in [0.2, 0.25) is 0 Å². The highest BCUT2D eigenvalue weighted by atomic mass is 15.0. The van der Waals surface area contributed by atoms with E-state index in [-0.39, 0.29) is 0 Å². The van der Waals surface area contributed by atoms with Gasteiger partial charge in [0.15, 0.2) is 11.5 Å². The van der Waals surface area contributed by atoms with E-state index >= 15 is 0 Å². The first-order valence-corrected chi connectivity index (χ1v) is 4.77. The lowest BCUT2D eigenvalue weighted by Gasteiger charge is -1.89. The van der Waals surface area contributed by atoms with Gasteiger partial charge in [-0.25, -0.2) is 15.0 Å². The van der Waals surface area contributed by atoms with Gasteiger partial charge in [-0.1, -0.05) is 27.7 Å². The third-order valence-corrected chi connectivity index (χ3v) is 1.25. The molecule has 0 aliphatic carbocycles. The molecule has 3 N–H and O–H groups in total. The molecular formula is C9H17N5. The second kappa shape index (κ2) is 6.82. The quantitative estimate of drug-likeness (QED) is 0.673. The molecule has 0 aliphatic rings. The Bertz CT molecular complexity index is 355. The fraction of sp³-hybridized carbons (Fsp3) is 0.444. The molecule has 5 nitrogen and oxygen atoms in total. The summed E-state index contributed by atoms with van der Waals surface area (Å²) in [7, 11) is 0. The second-order valence-electron chi connectivity index (χ2n) is 1.86. The highest BCUT2D eigenvalue weighted by molar-refractivity contribution is 5.80. The molecule has 0 aliphatic heterocycles. The highest BCUT2D eigenvalue weighted by Crippen LogP contribution is 2.09. The summed E-state index contributed by atoms with van der Waals surface area (Å²) in [4.78, 5) is 14.4. The summed E-state index contributed by atoms with van der Waals surface area (Å²) < 4.78 is 0. The molecule has 0 unspecified atom stereocenters. The summed E-state index contributed by atoms with van der Waals surface area (Å²) in [6, 6.07) is 0. The minimum atomic E-state index is 0.433. The van der Waals surface area contributed by atoms with Crippen molar-refractivity contribution >= 4 is 17.0 Å². The Kier molecular flexibility index (Phi) is 6.02. The van der Waals surface area contributed by atoms with Crippen LogP contribution in [0.15, 0.2) is 12.7 Å². The van der Waals surface area contributed by atoms with Crippen LogP contribution in [0, 0.1) is 0 Å². The monoisotopic (exact) mass is 195 g/mol. The van der Waals surface area contributed by atoms with E-state index in [0.29, 0.717) is 17.0 Å². The predicted octanol–water partition coefficient (Wildman–Crippen LogP) is 1.99. The van der Waals surface area contributed by atoms with Gasteiger partial charge in [-0.2, -0.15) is 0 Å². The Hall–Kier alpha value is -1.65. The lowest BCUT2D eigenvalue weighted by molar-refractivity contribution is 1.21. The van der Waals surface area contributed by atoms with Gasteiger partial charge in [-0.3, -0.25) is 0 Å². The van der Waals surface area contributed by atoms with Gasteiger partial charge >= 0.3 is 0 Å². The lowest BCUT2D eigenvalue weighted by atomic mass is 10.5. The number of hydrogen-bond acceptors (Lipinski definition) is 4. The van der Waals surface area contributed by atoms with E-state index in [2.05, 4.69) is 19.9 Å². The van der Waals surface area contributed by atoms with Crippen LogP contribution in [-0.2, 0) is 0 Å². The Morgan fingerprint density at radius 1 is 1.07 bits per heavy atom. The molecule has 0 saturated heterocycles.